The van der Waals surface area contributed by atoms with Crippen molar-refractivity contribution >= 4 is 44.4 Å². The first-order valence-electron chi connectivity index (χ1n) is 6.85. The largest absolute Gasteiger partial charge is 0.283 e. The van der Waals surface area contributed by atoms with Gasteiger partial charge >= 0.3 is 0 Å². The van der Waals surface area contributed by atoms with Gasteiger partial charge in [0.2, 0.25) is 0 Å². The molecule has 2 aromatic carbocycles. The van der Waals surface area contributed by atoms with Gasteiger partial charge < -0.3 is 0 Å². The Morgan fingerprint density at radius 3 is 2.38 bits per heavy atom. The summed E-state index contributed by atoms with van der Waals surface area (Å²) in [7, 11) is 0. The molecule has 0 fully saturated rings. The number of aryl methyl sites for hydroxylation is 1. The molecule has 0 amide bonds. The van der Waals surface area contributed by atoms with Crippen LogP contribution in [0.2, 0.25) is 0 Å². The van der Waals surface area contributed by atoms with E-state index >= 15 is 0 Å². The Bertz CT molecular complexity index is 1070. The molecule has 2 aromatic rings. The maximum Gasteiger partial charge on any atom is 0.104 e. The van der Waals surface area contributed by atoms with Crippen molar-refractivity contribution in [1.82, 2.24) is 13.2 Å². The van der Waals surface area contributed by atoms with Gasteiger partial charge in [-0.2, -0.15) is 0 Å². The molecule has 0 saturated carbocycles. The average Bonchev–Trinajstić information content (AvgIpc) is 2.88. The predicted octanol–water partition coefficient (Wildman–Crippen LogP) is 4.81. The summed E-state index contributed by atoms with van der Waals surface area (Å²) in [4.78, 5) is 0. The van der Waals surface area contributed by atoms with Gasteiger partial charge in [0, 0.05) is 10.8 Å². The van der Waals surface area contributed by atoms with Crippen molar-refractivity contribution in [2.75, 3.05) is 0 Å². The minimum absolute atomic E-state index is 1.12. The molecule has 0 spiro atoms. The highest BCUT2D eigenvalue weighted by atomic mass is 127. The molecule has 0 atom stereocenters. The molecule has 0 saturated heterocycles. The van der Waals surface area contributed by atoms with E-state index in [-0.39, 0.29) is 0 Å². The second-order valence-corrected chi connectivity index (χ2v) is 6.17. The number of benzene rings is 2. The van der Waals surface area contributed by atoms with Crippen molar-refractivity contribution in [3.8, 4) is 0 Å². The summed E-state index contributed by atoms with van der Waals surface area (Å²) in [6.07, 6.45) is 0. The van der Waals surface area contributed by atoms with Gasteiger partial charge in [0.05, 0.1) is 28.2 Å². The molecule has 4 rings (SSSR count). The average molecular weight is 387 g/mol. The number of aromatic nitrogens is 3. The third kappa shape index (κ3) is 1.93. The van der Waals surface area contributed by atoms with E-state index in [1.165, 1.54) is 32.5 Å². The quantitative estimate of drug-likeness (QED) is 0.407. The van der Waals surface area contributed by atoms with Crippen molar-refractivity contribution in [3.63, 3.8) is 0 Å². The number of H-pyrrole nitrogens is 2. The van der Waals surface area contributed by atoms with E-state index in [1.807, 2.05) is 2.90 Å². The lowest BCUT2D eigenvalue weighted by Gasteiger charge is -2.02. The van der Waals surface area contributed by atoms with E-state index in [4.69, 9.17) is 0 Å². The van der Waals surface area contributed by atoms with Gasteiger partial charge in [-0.1, -0.05) is 54.6 Å². The summed E-state index contributed by atoms with van der Waals surface area (Å²) in [5.41, 5.74) is 1.28. The number of nitrogens with one attached hydrogen (secondary N) is 2. The van der Waals surface area contributed by atoms with E-state index < -0.39 is 0 Å². The molecule has 1 aliphatic carbocycles. The molecule has 1 heterocycles. The number of nitrogens with zero attached hydrogens (tertiary/aromatic N) is 1. The van der Waals surface area contributed by atoms with E-state index in [0.717, 1.165) is 5.35 Å². The van der Waals surface area contributed by atoms with Crippen LogP contribution in [0.15, 0.2) is 54.6 Å². The number of hydrogen-bond donors (Lipinski definition) is 2. The Hall–Kier alpha value is -1.95. The molecule has 0 bridgehead atoms. The SMILES string of the molecule is Cc1cc2ccccc2c2n(I)[nH][nH]c=2c2ccccc12. The minimum Gasteiger partial charge on any atom is -0.283 e. The lowest BCUT2D eigenvalue weighted by Crippen LogP contribution is -1.86. The van der Waals surface area contributed by atoms with Gasteiger partial charge in [-0.15, -0.1) is 0 Å². The molecule has 21 heavy (non-hydrogen) atoms. The molecular weight excluding hydrogens is 373 g/mol. The van der Waals surface area contributed by atoms with Crippen LogP contribution in [-0.2, 0) is 0 Å². The van der Waals surface area contributed by atoms with Crippen LogP contribution in [0.25, 0.3) is 21.5 Å². The van der Waals surface area contributed by atoms with Crippen LogP contribution in [0, 0.1) is 17.6 Å². The molecule has 0 aromatic heterocycles. The van der Waals surface area contributed by atoms with E-state index in [9.17, 15) is 0 Å². The highest BCUT2D eigenvalue weighted by Crippen LogP contribution is 2.23. The zero-order valence-electron chi connectivity index (χ0n) is 11.5. The smallest absolute Gasteiger partial charge is 0.104 e. The maximum atomic E-state index is 3.31. The first-order chi connectivity index (χ1) is 10.3. The Labute approximate surface area is 135 Å². The number of hydrogen-bond acceptors (Lipinski definition) is 0. The summed E-state index contributed by atoms with van der Waals surface area (Å²) >= 11 is 2.28. The zero-order chi connectivity index (χ0) is 14.4. The van der Waals surface area contributed by atoms with Gasteiger partial charge in [0.15, 0.2) is 0 Å². The van der Waals surface area contributed by atoms with Crippen molar-refractivity contribution in [1.29, 1.82) is 0 Å². The summed E-state index contributed by atoms with van der Waals surface area (Å²) in [5.74, 6) is 0. The van der Waals surface area contributed by atoms with Gasteiger partial charge in [-0.3, -0.25) is 5.10 Å². The summed E-state index contributed by atoms with van der Waals surface area (Å²) < 4.78 is 2.01. The molecule has 0 radical (unpaired) electrons. The Balaban J connectivity index is 2.52. The standard InChI is InChI=1S/C17H14IN3/c1-11-10-12-6-2-3-8-14(12)17-16(19-20-21(17)18)15-9-5-4-7-13(11)15/h2-10,19-20H,1H3. The lowest BCUT2D eigenvalue weighted by molar-refractivity contribution is 0.902. The first-order valence-corrected chi connectivity index (χ1v) is 7.81. The zero-order valence-corrected chi connectivity index (χ0v) is 13.7. The van der Waals surface area contributed by atoms with Crippen molar-refractivity contribution in [2.45, 2.75) is 6.92 Å². The maximum absolute atomic E-state index is 3.31. The van der Waals surface area contributed by atoms with Gasteiger partial charge in [0.1, 0.15) is 5.35 Å². The Kier molecular flexibility index (Phi) is 2.92. The van der Waals surface area contributed by atoms with Gasteiger partial charge in [-0.05, 0) is 23.3 Å². The van der Waals surface area contributed by atoms with Crippen LogP contribution < -0.4 is 0 Å². The fourth-order valence-corrected chi connectivity index (χ4v) is 3.57. The number of aromatic amines is 2. The molecule has 3 nitrogen and oxygen atoms in total. The Morgan fingerprint density at radius 2 is 1.57 bits per heavy atom. The lowest BCUT2D eigenvalue weighted by atomic mass is 10.0. The van der Waals surface area contributed by atoms with Crippen LogP contribution >= 0.6 is 22.9 Å². The molecule has 2 N–H and O–H groups in total. The molecule has 0 unspecified atom stereocenters. The van der Waals surface area contributed by atoms with E-state index in [2.05, 4.69) is 94.7 Å². The van der Waals surface area contributed by atoms with Crippen LogP contribution in [0.5, 0.6) is 0 Å². The van der Waals surface area contributed by atoms with Crippen LogP contribution in [0.1, 0.15) is 5.56 Å². The van der Waals surface area contributed by atoms with Crippen molar-refractivity contribution in [2.24, 2.45) is 0 Å². The molecule has 1 aliphatic heterocycles. The minimum atomic E-state index is 1.12. The number of rotatable bonds is 0. The fourth-order valence-electron chi connectivity index (χ4n) is 2.95. The van der Waals surface area contributed by atoms with E-state index in [1.54, 1.807) is 0 Å². The summed E-state index contributed by atoms with van der Waals surface area (Å²) in [6.45, 7) is 2.17. The summed E-state index contributed by atoms with van der Waals surface area (Å²) in [6, 6.07) is 19.3. The topological polar surface area (TPSA) is 36.5 Å². The first kappa shape index (κ1) is 12.8. The van der Waals surface area contributed by atoms with Crippen LogP contribution in [-0.4, -0.2) is 13.2 Å². The van der Waals surface area contributed by atoms with Crippen LogP contribution in [0.4, 0.5) is 0 Å². The fraction of sp³-hybridized carbons (Fsp3) is 0.0588. The second kappa shape index (κ2) is 4.80. The second-order valence-electron chi connectivity index (χ2n) is 5.20. The van der Waals surface area contributed by atoms with E-state index in [0.29, 0.717) is 0 Å². The van der Waals surface area contributed by atoms with Crippen LogP contribution in [0.3, 0.4) is 0 Å². The number of halogens is 1. The highest BCUT2D eigenvalue weighted by molar-refractivity contribution is 14.1. The molecular formula is C17H14IN3. The van der Waals surface area contributed by atoms with Gasteiger partial charge in [-0.25, -0.2) is 8.11 Å². The number of fused-ring (bicyclic) bond motifs is 4. The van der Waals surface area contributed by atoms with Gasteiger partial charge in [0.25, 0.3) is 0 Å². The highest BCUT2D eigenvalue weighted by Gasteiger charge is 2.05. The monoisotopic (exact) mass is 387 g/mol. The summed E-state index contributed by atoms with van der Waals surface area (Å²) in [5, 5.41) is 13.8. The normalized spacial score (nSPS) is 11.3. The van der Waals surface area contributed by atoms with Crippen molar-refractivity contribution < 1.29 is 0 Å². The van der Waals surface area contributed by atoms with Crippen molar-refractivity contribution in [3.05, 3.63) is 70.9 Å². The molecule has 2 aliphatic rings. The Morgan fingerprint density at radius 1 is 0.905 bits per heavy atom. The third-order valence-electron chi connectivity index (χ3n) is 3.92. The predicted molar refractivity (Wildman–Crippen MR) is 95.2 cm³/mol. The third-order valence-corrected chi connectivity index (χ3v) is 4.64. The molecule has 104 valence electrons. The molecule has 4 heteroatoms.